The van der Waals surface area contributed by atoms with E-state index in [0.717, 1.165) is 17.7 Å². The number of aromatic nitrogens is 3. The lowest BCUT2D eigenvalue weighted by atomic mass is 9.94. The number of nitrogens with zero attached hydrogens (tertiary/aromatic N) is 3. The molecule has 0 saturated carbocycles. The second-order valence-electron chi connectivity index (χ2n) is 7.82. The number of halogens is 3. The molecule has 2 aliphatic rings. The van der Waals surface area contributed by atoms with Gasteiger partial charge in [0.15, 0.2) is 29.8 Å². The summed E-state index contributed by atoms with van der Waals surface area (Å²) in [6.45, 7) is 0.0977. The zero-order valence-electron chi connectivity index (χ0n) is 17.0. The van der Waals surface area contributed by atoms with Gasteiger partial charge >= 0.3 is 5.97 Å². The lowest BCUT2D eigenvalue weighted by Crippen LogP contribution is -2.54. The predicted molar refractivity (Wildman–Crippen MR) is 105 cm³/mol. The minimum absolute atomic E-state index is 0.00824. The first-order valence-corrected chi connectivity index (χ1v) is 10.2. The minimum Gasteiger partial charge on any atom is -0.479 e. The van der Waals surface area contributed by atoms with Crippen LogP contribution in [0.4, 0.5) is 13.2 Å². The van der Waals surface area contributed by atoms with Gasteiger partial charge in [-0.2, -0.15) is 0 Å². The van der Waals surface area contributed by atoms with E-state index in [2.05, 4.69) is 10.3 Å². The van der Waals surface area contributed by atoms with Crippen LogP contribution in [0.2, 0.25) is 0 Å². The van der Waals surface area contributed by atoms with Gasteiger partial charge in [-0.25, -0.2) is 22.6 Å². The number of carboxylic acids is 1. The van der Waals surface area contributed by atoms with Crippen LogP contribution in [-0.2, 0) is 19.0 Å². The van der Waals surface area contributed by atoms with Gasteiger partial charge in [0, 0.05) is 17.5 Å². The highest BCUT2D eigenvalue weighted by Crippen LogP contribution is 2.39. The van der Waals surface area contributed by atoms with E-state index in [0.29, 0.717) is 0 Å². The molecule has 172 valence electrons. The van der Waals surface area contributed by atoms with E-state index in [9.17, 15) is 23.1 Å². The van der Waals surface area contributed by atoms with E-state index in [-0.39, 0.29) is 24.3 Å². The van der Waals surface area contributed by atoms with Crippen LogP contribution in [-0.4, -0.2) is 51.0 Å². The number of rotatable bonds is 4. The van der Waals surface area contributed by atoms with E-state index >= 15 is 0 Å². The molecule has 2 saturated heterocycles. The Labute approximate surface area is 185 Å². The van der Waals surface area contributed by atoms with Gasteiger partial charge in [-0.1, -0.05) is 35.5 Å². The topological polar surface area (TPSA) is 95.7 Å². The summed E-state index contributed by atoms with van der Waals surface area (Å²) in [4.78, 5) is 11.7. The second-order valence-corrected chi connectivity index (χ2v) is 7.82. The van der Waals surface area contributed by atoms with E-state index < -0.39 is 54.1 Å². The number of hydrogen-bond acceptors (Lipinski definition) is 6. The summed E-state index contributed by atoms with van der Waals surface area (Å²) in [7, 11) is 0. The van der Waals surface area contributed by atoms with Gasteiger partial charge in [0.25, 0.3) is 0 Å². The molecule has 5 rings (SSSR count). The third-order valence-corrected chi connectivity index (χ3v) is 5.71. The number of ether oxygens (including phenoxy) is 3. The van der Waals surface area contributed by atoms with E-state index in [1.807, 2.05) is 30.3 Å². The molecule has 3 heterocycles. The molecule has 0 radical (unpaired) electrons. The molecule has 2 fully saturated rings. The molecule has 0 amide bonds. The van der Waals surface area contributed by atoms with Crippen LogP contribution in [0.1, 0.15) is 24.3 Å². The molecule has 0 spiro atoms. The SMILES string of the molecule is O=C(O)[C@H]1C[C@@H](n2cc(-c3cc(F)c(F)c(F)c3)nn2)[C@H]2O[C@@H](c3ccccc3)OC[C@H]2O1. The number of aliphatic carboxylic acids is 1. The molecule has 5 atom stereocenters. The van der Waals surface area contributed by atoms with Gasteiger partial charge in [0.1, 0.15) is 17.9 Å². The quantitative estimate of drug-likeness (QED) is 0.596. The number of hydrogen-bond donors (Lipinski definition) is 1. The van der Waals surface area contributed by atoms with Gasteiger partial charge in [-0.15, -0.1) is 5.10 Å². The summed E-state index contributed by atoms with van der Waals surface area (Å²) in [6.07, 6.45) is -1.70. The standard InChI is InChI=1S/C22H18F3N3O5/c23-13-6-12(7-14(24)19(13)25)15-9-28(27-26-15)16-8-17(21(29)30)32-18-10-31-22(33-20(16)18)11-4-2-1-3-5-11/h1-7,9,16-18,20,22H,8,10H2,(H,29,30)/t16-,17-,18-,20-,22+/m1/s1. The highest BCUT2D eigenvalue weighted by molar-refractivity contribution is 5.72. The Morgan fingerprint density at radius 1 is 1.09 bits per heavy atom. The van der Waals surface area contributed by atoms with Crippen molar-refractivity contribution in [1.82, 2.24) is 15.0 Å². The van der Waals surface area contributed by atoms with Crippen LogP contribution in [0.3, 0.4) is 0 Å². The van der Waals surface area contributed by atoms with E-state index in [4.69, 9.17) is 14.2 Å². The Morgan fingerprint density at radius 2 is 1.82 bits per heavy atom. The zero-order valence-corrected chi connectivity index (χ0v) is 17.0. The van der Waals surface area contributed by atoms with Crippen molar-refractivity contribution < 1.29 is 37.3 Å². The minimum atomic E-state index is -1.58. The maximum absolute atomic E-state index is 13.7. The van der Waals surface area contributed by atoms with Crippen LogP contribution >= 0.6 is 0 Å². The highest BCUT2D eigenvalue weighted by Gasteiger charge is 2.47. The van der Waals surface area contributed by atoms with Gasteiger partial charge in [0.2, 0.25) is 0 Å². The van der Waals surface area contributed by atoms with Gasteiger partial charge in [0.05, 0.1) is 18.8 Å². The highest BCUT2D eigenvalue weighted by atomic mass is 19.2. The average molecular weight is 461 g/mol. The molecule has 3 aromatic rings. The fraction of sp³-hybridized carbons (Fsp3) is 0.318. The van der Waals surface area contributed by atoms with Gasteiger partial charge in [-0.3, -0.25) is 0 Å². The third-order valence-electron chi connectivity index (χ3n) is 5.71. The van der Waals surface area contributed by atoms with Crippen molar-refractivity contribution in [3.05, 3.63) is 71.7 Å². The summed E-state index contributed by atoms with van der Waals surface area (Å²) in [5.74, 6) is -5.43. The first-order valence-electron chi connectivity index (χ1n) is 10.2. The van der Waals surface area contributed by atoms with Crippen molar-refractivity contribution in [2.75, 3.05) is 6.61 Å². The van der Waals surface area contributed by atoms with E-state index in [1.165, 1.54) is 10.9 Å². The molecule has 33 heavy (non-hydrogen) atoms. The molecule has 2 aromatic carbocycles. The molecular weight excluding hydrogens is 443 g/mol. The lowest BCUT2D eigenvalue weighted by molar-refractivity contribution is -0.298. The number of carbonyl (C=O) groups is 1. The largest absolute Gasteiger partial charge is 0.479 e. The first-order chi connectivity index (χ1) is 15.9. The maximum atomic E-state index is 13.7. The number of fused-ring (bicyclic) bond motifs is 1. The summed E-state index contributed by atoms with van der Waals surface area (Å²) < 4.78 is 59.6. The Kier molecular flexibility index (Phi) is 5.60. The number of carboxylic acid groups (broad SMARTS) is 1. The van der Waals surface area contributed by atoms with Crippen LogP contribution in [0.5, 0.6) is 0 Å². The molecule has 1 aromatic heterocycles. The summed E-state index contributed by atoms with van der Waals surface area (Å²) in [5.41, 5.74) is 0.868. The van der Waals surface area contributed by atoms with E-state index in [1.54, 1.807) is 0 Å². The Hall–Kier alpha value is -3.28. The number of benzene rings is 2. The average Bonchev–Trinajstić information content (AvgIpc) is 3.32. The molecule has 11 heteroatoms. The Morgan fingerprint density at radius 3 is 2.52 bits per heavy atom. The van der Waals surface area contributed by atoms with Crippen LogP contribution < -0.4 is 0 Å². The van der Waals surface area contributed by atoms with Gasteiger partial charge in [-0.05, 0) is 12.1 Å². The molecular formula is C22H18F3N3O5. The van der Waals surface area contributed by atoms with Crippen molar-refractivity contribution in [2.24, 2.45) is 0 Å². The van der Waals surface area contributed by atoms with Crippen molar-refractivity contribution >= 4 is 5.97 Å². The molecule has 2 aliphatic heterocycles. The second kappa shape index (κ2) is 8.58. The third kappa shape index (κ3) is 4.10. The van der Waals surface area contributed by atoms with Crippen molar-refractivity contribution in [2.45, 2.75) is 37.1 Å². The molecule has 8 nitrogen and oxygen atoms in total. The summed E-state index contributed by atoms with van der Waals surface area (Å²) in [5, 5.41) is 17.5. The Bertz CT molecular complexity index is 1150. The normalized spacial score (nSPS) is 27.2. The van der Waals surface area contributed by atoms with Crippen molar-refractivity contribution in [3.63, 3.8) is 0 Å². The summed E-state index contributed by atoms with van der Waals surface area (Å²) >= 11 is 0. The van der Waals surface area contributed by atoms with Crippen molar-refractivity contribution in [1.29, 1.82) is 0 Å². The lowest BCUT2D eigenvalue weighted by Gasteiger charge is -2.44. The fourth-order valence-electron chi connectivity index (χ4n) is 4.10. The smallest absolute Gasteiger partial charge is 0.332 e. The summed E-state index contributed by atoms with van der Waals surface area (Å²) in [6, 6.07) is 10.2. The van der Waals surface area contributed by atoms with Crippen molar-refractivity contribution in [3.8, 4) is 11.3 Å². The first kappa shape index (κ1) is 21.6. The van der Waals surface area contributed by atoms with Crippen LogP contribution in [0, 0.1) is 17.5 Å². The zero-order chi connectivity index (χ0) is 23.1. The monoisotopic (exact) mass is 461 g/mol. The molecule has 0 bridgehead atoms. The predicted octanol–water partition coefficient (Wildman–Crippen LogP) is 3.26. The Balaban J connectivity index is 1.46. The van der Waals surface area contributed by atoms with Gasteiger partial charge < -0.3 is 19.3 Å². The molecule has 0 aliphatic carbocycles. The molecule has 0 unspecified atom stereocenters. The van der Waals surface area contributed by atoms with Crippen LogP contribution in [0.25, 0.3) is 11.3 Å². The molecule has 1 N–H and O–H groups in total. The van der Waals surface area contributed by atoms with Crippen LogP contribution in [0.15, 0.2) is 48.7 Å². The maximum Gasteiger partial charge on any atom is 0.332 e. The fourth-order valence-corrected chi connectivity index (χ4v) is 4.10.